The van der Waals surface area contributed by atoms with Gasteiger partial charge in [0, 0.05) is 18.8 Å². The lowest BCUT2D eigenvalue weighted by Crippen LogP contribution is -2.24. The molecule has 15 heavy (non-hydrogen) atoms. The van der Waals surface area contributed by atoms with Crippen LogP contribution in [-0.4, -0.2) is 30.8 Å². The van der Waals surface area contributed by atoms with E-state index in [1.165, 1.54) is 25.1 Å². The number of hydrogen-bond donors (Lipinski definition) is 0. The van der Waals surface area contributed by atoms with Gasteiger partial charge in [-0.2, -0.15) is 0 Å². The highest BCUT2D eigenvalue weighted by Gasteiger charge is 2.09. The second-order valence-corrected chi connectivity index (χ2v) is 3.23. The van der Waals surface area contributed by atoms with Crippen LogP contribution >= 0.6 is 0 Å². The van der Waals surface area contributed by atoms with Crippen LogP contribution in [0.25, 0.3) is 0 Å². The average molecular weight is 214 g/mol. The van der Waals surface area contributed by atoms with Gasteiger partial charge in [0.05, 0.1) is 6.54 Å². The number of pyridine rings is 1. The number of anilines is 1. The number of aromatic nitrogens is 1. The van der Waals surface area contributed by atoms with Gasteiger partial charge in [0.1, 0.15) is 5.82 Å². The molecule has 0 aromatic carbocycles. The minimum absolute atomic E-state index is 0.0921. The van der Waals surface area contributed by atoms with Crippen LogP contribution in [0.5, 0.6) is 0 Å². The highest BCUT2D eigenvalue weighted by molar-refractivity contribution is 5.93. The molecule has 0 saturated heterocycles. The summed E-state index contributed by atoms with van der Waals surface area (Å²) in [6, 6.07) is 3.13. The average Bonchev–Trinajstić information content (AvgIpc) is 2.17. The molecule has 0 N–H and O–H groups in total. The summed E-state index contributed by atoms with van der Waals surface area (Å²) in [5, 5.41) is 0. The van der Waals surface area contributed by atoms with Crippen LogP contribution in [0, 0.1) is 0 Å². The first-order valence-electron chi connectivity index (χ1n) is 4.47. The van der Waals surface area contributed by atoms with E-state index >= 15 is 0 Å². The van der Waals surface area contributed by atoms with Crippen molar-refractivity contribution in [3.05, 3.63) is 23.9 Å². The fourth-order valence-electron chi connectivity index (χ4n) is 1.12. The molecule has 0 spiro atoms. The summed E-state index contributed by atoms with van der Waals surface area (Å²) < 4.78 is 24.1. The van der Waals surface area contributed by atoms with Crippen LogP contribution < -0.4 is 4.90 Å². The molecule has 1 heterocycles. The molecule has 82 valence electrons. The van der Waals surface area contributed by atoms with Gasteiger partial charge in [0.2, 0.25) is 0 Å². The number of Topliss-reactive ketones (excluding diaryl/α,β-unsaturated/α-hetero) is 1. The Morgan fingerprint density at radius 3 is 2.60 bits per heavy atom. The van der Waals surface area contributed by atoms with Crippen molar-refractivity contribution in [1.29, 1.82) is 0 Å². The Hall–Kier alpha value is -1.52. The molecule has 0 bridgehead atoms. The molecule has 1 rings (SSSR count). The molecule has 0 unspecified atom stereocenters. The summed E-state index contributed by atoms with van der Waals surface area (Å²) in [6.07, 6.45) is -1.01. The maximum Gasteiger partial charge on any atom is 0.255 e. The normalized spacial score (nSPS) is 10.5. The Kier molecular flexibility index (Phi) is 3.71. The van der Waals surface area contributed by atoms with Gasteiger partial charge in [0.25, 0.3) is 6.43 Å². The Balaban J connectivity index is 2.75. The van der Waals surface area contributed by atoms with Gasteiger partial charge in [-0.3, -0.25) is 4.79 Å². The summed E-state index contributed by atoms with van der Waals surface area (Å²) >= 11 is 0. The maximum absolute atomic E-state index is 12.1. The quantitative estimate of drug-likeness (QED) is 0.718. The van der Waals surface area contributed by atoms with Crippen LogP contribution in [-0.2, 0) is 0 Å². The minimum Gasteiger partial charge on any atom is -0.354 e. The fraction of sp³-hybridized carbons (Fsp3) is 0.400. The molecule has 0 fully saturated rings. The first-order valence-corrected chi connectivity index (χ1v) is 4.47. The first-order chi connectivity index (χ1) is 7.00. The number of carbonyl (C=O) groups is 1. The van der Waals surface area contributed by atoms with Crippen LogP contribution in [0.2, 0.25) is 0 Å². The van der Waals surface area contributed by atoms with Gasteiger partial charge in [-0.05, 0) is 19.1 Å². The zero-order valence-corrected chi connectivity index (χ0v) is 8.58. The molecular weight excluding hydrogens is 202 g/mol. The Morgan fingerprint density at radius 2 is 2.20 bits per heavy atom. The second-order valence-electron chi connectivity index (χ2n) is 3.23. The number of ketones is 1. The molecular formula is C10H12F2N2O. The number of alkyl halides is 2. The van der Waals surface area contributed by atoms with Crippen LogP contribution in [0.1, 0.15) is 17.3 Å². The van der Waals surface area contributed by atoms with E-state index in [0.717, 1.165) is 0 Å². The van der Waals surface area contributed by atoms with Crippen molar-refractivity contribution in [2.24, 2.45) is 0 Å². The zero-order chi connectivity index (χ0) is 11.4. The van der Waals surface area contributed by atoms with Crippen molar-refractivity contribution in [2.45, 2.75) is 13.3 Å². The number of carbonyl (C=O) groups excluding carboxylic acids is 1. The van der Waals surface area contributed by atoms with E-state index in [1.54, 1.807) is 12.1 Å². The van der Waals surface area contributed by atoms with E-state index in [1.807, 2.05) is 0 Å². The molecule has 0 atom stereocenters. The van der Waals surface area contributed by atoms with Gasteiger partial charge in [-0.15, -0.1) is 0 Å². The molecule has 0 aliphatic heterocycles. The molecule has 5 heteroatoms. The third-order valence-corrected chi connectivity index (χ3v) is 1.96. The Morgan fingerprint density at radius 1 is 1.53 bits per heavy atom. The lowest BCUT2D eigenvalue weighted by Gasteiger charge is -2.17. The lowest BCUT2D eigenvalue weighted by atomic mass is 10.2. The largest absolute Gasteiger partial charge is 0.354 e. The molecule has 0 aliphatic rings. The monoisotopic (exact) mass is 214 g/mol. The third-order valence-electron chi connectivity index (χ3n) is 1.96. The van der Waals surface area contributed by atoms with E-state index in [-0.39, 0.29) is 12.3 Å². The molecule has 0 radical (unpaired) electrons. The molecule has 1 aromatic rings. The second kappa shape index (κ2) is 4.82. The van der Waals surface area contributed by atoms with E-state index in [9.17, 15) is 13.6 Å². The minimum atomic E-state index is -2.40. The summed E-state index contributed by atoms with van der Waals surface area (Å²) in [5.74, 6) is 0.339. The van der Waals surface area contributed by atoms with Crippen LogP contribution in [0.3, 0.4) is 0 Å². The van der Waals surface area contributed by atoms with Crippen molar-refractivity contribution < 1.29 is 13.6 Å². The van der Waals surface area contributed by atoms with Gasteiger partial charge >= 0.3 is 0 Å². The summed E-state index contributed by atoms with van der Waals surface area (Å²) in [7, 11) is 1.53. The van der Waals surface area contributed by atoms with Gasteiger partial charge in [0.15, 0.2) is 5.78 Å². The Labute approximate surface area is 86.7 Å². The molecule has 0 amide bonds. The van der Waals surface area contributed by atoms with E-state index in [4.69, 9.17) is 0 Å². The number of hydrogen-bond acceptors (Lipinski definition) is 3. The summed E-state index contributed by atoms with van der Waals surface area (Å²) in [4.78, 5) is 16.2. The van der Waals surface area contributed by atoms with Gasteiger partial charge in [-0.25, -0.2) is 13.8 Å². The molecule has 3 nitrogen and oxygen atoms in total. The predicted molar refractivity (Wildman–Crippen MR) is 53.5 cm³/mol. The third kappa shape index (κ3) is 3.27. The van der Waals surface area contributed by atoms with E-state index < -0.39 is 6.43 Å². The number of nitrogens with zero attached hydrogens (tertiary/aromatic N) is 2. The molecule has 1 aromatic heterocycles. The molecule has 0 aliphatic carbocycles. The SMILES string of the molecule is CC(=O)c1ccc(N(C)CC(F)F)nc1. The van der Waals surface area contributed by atoms with Crippen molar-refractivity contribution in [3.63, 3.8) is 0 Å². The topological polar surface area (TPSA) is 33.2 Å². The summed E-state index contributed by atoms with van der Waals surface area (Å²) in [5.41, 5.74) is 0.476. The fourth-order valence-corrected chi connectivity index (χ4v) is 1.12. The maximum atomic E-state index is 12.1. The highest BCUT2D eigenvalue weighted by Crippen LogP contribution is 2.11. The summed E-state index contributed by atoms with van der Waals surface area (Å²) in [6.45, 7) is 1.06. The standard InChI is InChI=1S/C10H12F2N2O/c1-7(15)8-3-4-10(13-5-8)14(2)6-9(11)12/h3-5,9H,6H2,1-2H3. The zero-order valence-electron chi connectivity index (χ0n) is 8.58. The van der Waals surface area contributed by atoms with Crippen LogP contribution in [0.4, 0.5) is 14.6 Å². The lowest BCUT2D eigenvalue weighted by molar-refractivity contribution is 0.101. The van der Waals surface area contributed by atoms with Crippen molar-refractivity contribution in [1.82, 2.24) is 4.98 Å². The highest BCUT2D eigenvalue weighted by atomic mass is 19.3. The number of halogens is 2. The van der Waals surface area contributed by atoms with Crippen molar-refractivity contribution >= 4 is 11.6 Å². The van der Waals surface area contributed by atoms with E-state index in [2.05, 4.69) is 4.98 Å². The van der Waals surface area contributed by atoms with Crippen molar-refractivity contribution in [2.75, 3.05) is 18.5 Å². The van der Waals surface area contributed by atoms with Gasteiger partial charge in [-0.1, -0.05) is 0 Å². The van der Waals surface area contributed by atoms with Crippen LogP contribution in [0.15, 0.2) is 18.3 Å². The van der Waals surface area contributed by atoms with E-state index in [0.29, 0.717) is 11.4 Å². The van der Waals surface area contributed by atoms with Crippen molar-refractivity contribution in [3.8, 4) is 0 Å². The predicted octanol–water partition coefficient (Wildman–Crippen LogP) is 1.99. The first kappa shape index (κ1) is 11.6. The smallest absolute Gasteiger partial charge is 0.255 e. The van der Waals surface area contributed by atoms with Gasteiger partial charge < -0.3 is 4.90 Å². The number of rotatable bonds is 4. The molecule has 0 saturated carbocycles. The Bertz CT molecular complexity index is 338.